The highest BCUT2D eigenvalue weighted by Crippen LogP contribution is 2.37. The van der Waals surface area contributed by atoms with Crippen molar-refractivity contribution in [2.24, 2.45) is 7.05 Å². The van der Waals surface area contributed by atoms with Crippen LogP contribution in [0.15, 0.2) is 48.7 Å². The van der Waals surface area contributed by atoms with Crippen LogP contribution in [0.4, 0.5) is 51.0 Å². The van der Waals surface area contributed by atoms with Crippen LogP contribution >= 0.6 is 0 Å². The van der Waals surface area contributed by atoms with Crippen LogP contribution in [0, 0.1) is 0 Å². The van der Waals surface area contributed by atoms with E-state index >= 15 is 0 Å². The monoisotopic (exact) mass is 640 g/mol. The van der Waals surface area contributed by atoms with E-state index in [1.54, 1.807) is 11.8 Å². The lowest BCUT2D eigenvalue weighted by Crippen LogP contribution is -2.29. The van der Waals surface area contributed by atoms with Crippen LogP contribution in [0.5, 0.6) is 5.75 Å². The number of aryl methyl sites for hydroxylation is 1. The van der Waals surface area contributed by atoms with Gasteiger partial charge in [0.1, 0.15) is 5.75 Å². The Hall–Kier alpha value is -4.11. The van der Waals surface area contributed by atoms with Crippen molar-refractivity contribution in [2.45, 2.75) is 58.0 Å². The van der Waals surface area contributed by atoms with Gasteiger partial charge < -0.3 is 19.6 Å². The molecule has 16 heteroatoms. The van der Waals surface area contributed by atoms with Gasteiger partial charge in [0.2, 0.25) is 0 Å². The molecular weight excluding hydrogens is 611 g/mol. The Bertz CT molecular complexity index is 1390. The van der Waals surface area contributed by atoms with Crippen molar-refractivity contribution in [3.05, 3.63) is 70.9 Å². The van der Waals surface area contributed by atoms with Gasteiger partial charge >= 0.3 is 24.7 Å². The highest BCUT2D eigenvalue weighted by atomic mass is 19.4. The van der Waals surface area contributed by atoms with Gasteiger partial charge in [-0.05, 0) is 67.3 Å². The minimum absolute atomic E-state index is 0.00808. The zero-order valence-corrected chi connectivity index (χ0v) is 23.5. The summed E-state index contributed by atoms with van der Waals surface area (Å²) in [6.07, 6.45) is -13.0. The molecule has 0 atom stereocenters. The molecule has 0 radical (unpaired) electrons. The molecule has 3 aromatic rings. The van der Waals surface area contributed by atoms with Crippen molar-refractivity contribution >= 4 is 17.5 Å². The quantitative estimate of drug-likeness (QED) is 0.153. The summed E-state index contributed by atoms with van der Waals surface area (Å²) in [5.74, 6) is -1.44. The van der Waals surface area contributed by atoms with E-state index in [1.807, 2.05) is 0 Å². The first-order valence-corrected chi connectivity index (χ1v) is 13.2. The second-order valence-corrected chi connectivity index (χ2v) is 9.89. The number of benzene rings is 2. The zero-order valence-electron chi connectivity index (χ0n) is 23.5. The number of carboxylic acid groups (broad SMARTS) is 1. The van der Waals surface area contributed by atoms with Crippen LogP contribution in [0.3, 0.4) is 0 Å². The molecule has 0 spiro atoms. The van der Waals surface area contributed by atoms with Crippen LogP contribution in [-0.4, -0.2) is 40.3 Å². The van der Waals surface area contributed by atoms with E-state index in [0.29, 0.717) is 43.8 Å². The molecule has 2 aromatic carbocycles. The number of alkyl halides is 9. The van der Waals surface area contributed by atoms with E-state index in [1.165, 1.54) is 35.0 Å². The van der Waals surface area contributed by atoms with Crippen molar-refractivity contribution in [2.75, 3.05) is 22.9 Å². The summed E-state index contributed by atoms with van der Waals surface area (Å²) in [7, 11) is 1.53. The van der Waals surface area contributed by atoms with E-state index in [2.05, 4.69) is 9.84 Å². The molecule has 1 aromatic heterocycles. The Morgan fingerprint density at radius 3 is 2.02 bits per heavy atom. The van der Waals surface area contributed by atoms with Gasteiger partial charge in [-0.2, -0.15) is 31.4 Å². The average Bonchev–Trinajstić information content (AvgIpc) is 3.33. The predicted octanol–water partition coefficient (Wildman–Crippen LogP) is 7.64. The van der Waals surface area contributed by atoms with Crippen LogP contribution in [0.1, 0.15) is 48.4 Å². The summed E-state index contributed by atoms with van der Waals surface area (Å²) in [4.78, 5) is 14.0. The fraction of sp³-hybridized carbons (Fsp3) is 0.429. The van der Waals surface area contributed by atoms with Crippen LogP contribution in [0.2, 0.25) is 0 Å². The number of rotatable bonds is 13. The average molecular weight is 641 g/mol. The molecule has 1 heterocycles. The van der Waals surface area contributed by atoms with Crippen molar-refractivity contribution in [3.8, 4) is 5.75 Å². The number of unbranched alkanes of at least 4 members (excludes halogenated alkanes) is 1. The summed E-state index contributed by atoms with van der Waals surface area (Å²) >= 11 is 0. The smallest absolute Gasteiger partial charge is 0.481 e. The lowest BCUT2D eigenvalue weighted by molar-refractivity contribution is -0.274. The van der Waals surface area contributed by atoms with E-state index in [9.17, 15) is 44.3 Å². The van der Waals surface area contributed by atoms with Gasteiger partial charge in [-0.25, -0.2) is 0 Å². The topological polar surface area (TPSA) is 70.8 Å². The number of nitrogens with zero attached hydrogens (tertiary/aromatic N) is 4. The first-order valence-electron chi connectivity index (χ1n) is 13.2. The van der Waals surface area contributed by atoms with Gasteiger partial charge in [0.25, 0.3) is 0 Å². The number of aliphatic carboxylic acids is 1. The van der Waals surface area contributed by atoms with Gasteiger partial charge in [-0.1, -0.05) is 0 Å². The molecule has 0 unspecified atom stereocenters. The number of anilines is 2. The molecule has 0 aliphatic carbocycles. The molecule has 1 N–H and O–H groups in total. The van der Waals surface area contributed by atoms with Crippen molar-refractivity contribution in [3.63, 3.8) is 0 Å². The lowest BCUT2D eigenvalue weighted by atomic mass is 10.0. The van der Waals surface area contributed by atoms with Crippen molar-refractivity contribution < 1.29 is 54.2 Å². The number of carboxylic acids is 1. The SMILES string of the molecule is CCN(CCCCC(=O)O)c1ccc(OC(F)(F)F)cc1CN(Cc1cc(C(F)(F)F)cc(C(F)(F)F)c1)c1ccn(C)n1. The van der Waals surface area contributed by atoms with Gasteiger partial charge in [0, 0.05) is 57.6 Å². The fourth-order valence-electron chi connectivity index (χ4n) is 4.55. The first kappa shape index (κ1) is 34.4. The zero-order chi connectivity index (χ0) is 32.9. The Labute approximate surface area is 246 Å². The highest BCUT2D eigenvalue weighted by Gasteiger charge is 2.37. The van der Waals surface area contributed by atoms with Crippen LogP contribution < -0.4 is 14.5 Å². The molecule has 44 heavy (non-hydrogen) atoms. The predicted molar refractivity (Wildman–Crippen MR) is 142 cm³/mol. The minimum atomic E-state index is -5.08. The number of hydrogen-bond donors (Lipinski definition) is 1. The molecule has 242 valence electrons. The maximum atomic E-state index is 13.5. The van der Waals surface area contributed by atoms with Gasteiger partial charge in [-0.3, -0.25) is 9.48 Å². The second-order valence-electron chi connectivity index (χ2n) is 9.89. The number of aromatic nitrogens is 2. The molecule has 0 fully saturated rings. The van der Waals surface area contributed by atoms with E-state index in [-0.39, 0.29) is 36.0 Å². The maximum Gasteiger partial charge on any atom is 0.573 e. The molecule has 0 saturated heterocycles. The Kier molecular flexibility index (Phi) is 10.7. The maximum absolute atomic E-state index is 13.5. The number of ether oxygens (including phenoxy) is 1. The summed E-state index contributed by atoms with van der Waals surface area (Å²) in [5, 5.41) is 13.1. The third-order valence-corrected chi connectivity index (χ3v) is 6.48. The third kappa shape index (κ3) is 9.98. The molecule has 0 saturated carbocycles. The molecule has 0 amide bonds. The Balaban J connectivity index is 2.08. The number of halogens is 9. The van der Waals surface area contributed by atoms with Crippen LogP contribution in [0.25, 0.3) is 0 Å². The normalized spacial score (nSPS) is 12.3. The van der Waals surface area contributed by atoms with Crippen LogP contribution in [-0.2, 0) is 37.3 Å². The Morgan fingerprint density at radius 1 is 0.886 bits per heavy atom. The fourth-order valence-corrected chi connectivity index (χ4v) is 4.55. The lowest BCUT2D eigenvalue weighted by Gasteiger charge is -2.30. The molecule has 0 aliphatic heterocycles. The third-order valence-electron chi connectivity index (χ3n) is 6.48. The van der Waals surface area contributed by atoms with Gasteiger partial charge in [-0.15, -0.1) is 13.2 Å². The van der Waals surface area contributed by atoms with E-state index in [0.717, 1.165) is 12.1 Å². The van der Waals surface area contributed by atoms with Gasteiger partial charge in [0.05, 0.1) is 11.1 Å². The molecule has 7 nitrogen and oxygen atoms in total. The van der Waals surface area contributed by atoms with E-state index < -0.39 is 48.1 Å². The molecule has 0 aliphatic rings. The molecule has 0 bridgehead atoms. The summed E-state index contributed by atoms with van der Waals surface area (Å²) in [6, 6.07) is 6.16. The summed E-state index contributed by atoms with van der Waals surface area (Å²) < 4.78 is 126. The van der Waals surface area contributed by atoms with Crippen molar-refractivity contribution in [1.29, 1.82) is 0 Å². The second kappa shape index (κ2) is 13.7. The highest BCUT2D eigenvalue weighted by molar-refractivity contribution is 5.66. The largest absolute Gasteiger partial charge is 0.573 e. The Morgan fingerprint density at radius 2 is 1.52 bits per heavy atom. The molecular formula is C28H29F9N4O3. The standard InChI is InChI=1S/C28H29F9N4O3/c1-3-40(10-5-4-6-25(42)43)23-8-7-22(44-28(35,36)37)14-19(23)17-41(24-9-11-39(2)38-24)16-18-12-20(26(29,30)31)15-21(13-18)27(32,33)34/h7-9,11-15H,3-6,10,16-17H2,1-2H3,(H,42,43). The summed E-state index contributed by atoms with van der Waals surface area (Å²) in [5.41, 5.74) is -2.76. The van der Waals surface area contributed by atoms with E-state index in [4.69, 9.17) is 5.11 Å². The first-order chi connectivity index (χ1) is 20.4. The number of hydrogen-bond acceptors (Lipinski definition) is 5. The van der Waals surface area contributed by atoms with Gasteiger partial charge in [0.15, 0.2) is 5.82 Å². The number of carbonyl (C=O) groups is 1. The minimum Gasteiger partial charge on any atom is -0.481 e. The molecule has 3 rings (SSSR count). The summed E-state index contributed by atoms with van der Waals surface area (Å²) in [6.45, 7) is 1.64. The van der Waals surface area contributed by atoms with Crippen molar-refractivity contribution in [1.82, 2.24) is 9.78 Å².